The van der Waals surface area contributed by atoms with Crippen LogP contribution >= 0.6 is 0 Å². The van der Waals surface area contributed by atoms with Crippen molar-refractivity contribution < 1.29 is 4.74 Å². The van der Waals surface area contributed by atoms with Crippen molar-refractivity contribution in [3.05, 3.63) is 0 Å². The summed E-state index contributed by atoms with van der Waals surface area (Å²) in [7, 11) is 1.87. The lowest BCUT2D eigenvalue weighted by Crippen LogP contribution is -2.50. The maximum Gasteiger partial charge on any atom is 0.0802 e. The van der Waals surface area contributed by atoms with Gasteiger partial charge in [-0.3, -0.25) is 0 Å². The minimum Gasteiger partial charge on any atom is -0.377 e. The van der Waals surface area contributed by atoms with Gasteiger partial charge in [-0.05, 0) is 58.2 Å². The van der Waals surface area contributed by atoms with E-state index in [9.17, 15) is 0 Å². The van der Waals surface area contributed by atoms with Crippen molar-refractivity contribution in [1.82, 2.24) is 10.2 Å². The zero-order valence-electron chi connectivity index (χ0n) is 11.5. The molecule has 0 aromatic heterocycles. The summed E-state index contributed by atoms with van der Waals surface area (Å²) in [6, 6.07) is 0.708. The molecular weight excluding hydrogens is 212 g/mol. The first-order valence-electron chi connectivity index (χ1n) is 7.29. The van der Waals surface area contributed by atoms with Crippen LogP contribution in [-0.4, -0.2) is 49.8 Å². The molecule has 0 spiro atoms. The number of nitrogens with one attached hydrogen (secondary N) is 1. The highest BCUT2D eigenvalue weighted by Crippen LogP contribution is 2.34. The Bertz CT molecular complexity index is 223. The van der Waals surface area contributed by atoms with Gasteiger partial charge in [-0.1, -0.05) is 6.92 Å². The van der Waals surface area contributed by atoms with Gasteiger partial charge in [-0.25, -0.2) is 0 Å². The smallest absolute Gasteiger partial charge is 0.0802 e. The molecule has 0 radical (unpaired) electrons. The fraction of sp³-hybridized carbons (Fsp3) is 1.00. The number of hydrogen-bond donors (Lipinski definition) is 1. The van der Waals surface area contributed by atoms with E-state index < -0.39 is 0 Å². The molecule has 1 aliphatic carbocycles. The number of ether oxygens (including phenoxy) is 1. The van der Waals surface area contributed by atoms with E-state index in [1.165, 1.54) is 58.2 Å². The lowest BCUT2D eigenvalue weighted by molar-refractivity contribution is -0.0710. The molecule has 2 aliphatic rings. The van der Waals surface area contributed by atoms with Crippen molar-refractivity contribution in [2.75, 3.05) is 33.3 Å². The zero-order chi connectivity index (χ0) is 12.1. The van der Waals surface area contributed by atoms with Crippen molar-refractivity contribution in [2.24, 2.45) is 0 Å². The Balaban J connectivity index is 1.72. The zero-order valence-corrected chi connectivity index (χ0v) is 11.5. The van der Waals surface area contributed by atoms with Crippen LogP contribution in [0, 0.1) is 0 Å². The Kier molecular flexibility index (Phi) is 4.83. The monoisotopic (exact) mass is 240 g/mol. The second-order valence-electron chi connectivity index (χ2n) is 5.68. The van der Waals surface area contributed by atoms with E-state index >= 15 is 0 Å². The average molecular weight is 240 g/mol. The Morgan fingerprint density at radius 1 is 1.24 bits per heavy atom. The second-order valence-corrected chi connectivity index (χ2v) is 5.68. The van der Waals surface area contributed by atoms with Crippen LogP contribution in [0.25, 0.3) is 0 Å². The van der Waals surface area contributed by atoms with Crippen LogP contribution in [0.5, 0.6) is 0 Å². The molecule has 1 unspecified atom stereocenters. The topological polar surface area (TPSA) is 24.5 Å². The first-order chi connectivity index (χ1) is 8.28. The van der Waals surface area contributed by atoms with E-state index in [1.807, 2.05) is 7.11 Å². The average Bonchev–Trinajstić information content (AvgIpc) is 2.53. The van der Waals surface area contributed by atoms with Crippen LogP contribution in [0.4, 0.5) is 0 Å². The summed E-state index contributed by atoms with van der Waals surface area (Å²) in [5.74, 6) is 0. The summed E-state index contributed by atoms with van der Waals surface area (Å²) < 4.78 is 5.67. The minimum absolute atomic E-state index is 0.177. The number of rotatable bonds is 5. The number of hydrogen-bond acceptors (Lipinski definition) is 3. The van der Waals surface area contributed by atoms with Gasteiger partial charge >= 0.3 is 0 Å². The van der Waals surface area contributed by atoms with Crippen LogP contribution in [0.2, 0.25) is 0 Å². The SMILES string of the molecule is CCN1CCCC(NCC2(OC)CCC2)CC1. The van der Waals surface area contributed by atoms with Crippen molar-refractivity contribution in [3.63, 3.8) is 0 Å². The fourth-order valence-corrected chi connectivity index (χ4v) is 3.03. The highest BCUT2D eigenvalue weighted by Gasteiger charge is 2.37. The Labute approximate surface area is 106 Å². The normalized spacial score (nSPS) is 29.6. The van der Waals surface area contributed by atoms with Gasteiger partial charge in [-0.2, -0.15) is 0 Å². The molecule has 1 N–H and O–H groups in total. The van der Waals surface area contributed by atoms with Gasteiger partial charge in [0, 0.05) is 19.7 Å². The summed E-state index contributed by atoms with van der Waals surface area (Å²) in [6.45, 7) is 7.06. The molecule has 3 nitrogen and oxygen atoms in total. The molecular formula is C14H28N2O. The van der Waals surface area contributed by atoms with Gasteiger partial charge in [0.15, 0.2) is 0 Å². The first kappa shape index (κ1) is 13.3. The second kappa shape index (κ2) is 6.17. The van der Waals surface area contributed by atoms with E-state index in [2.05, 4.69) is 17.1 Å². The van der Waals surface area contributed by atoms with Gasteiger partial charge in [0.25, 0.3) is 0 Å². The maximum absolute atomic E-state index is 5.67. The molecule has 1 saturated carbocycles. The van der Waals surface area contributed by atoms with E-state index in [-0.39, 0.29) is 5.60 Å². The van der Waals surface area contributed by atoms with Crippen LogP contribution in [0.15, 0.2) is 0 Å². The quantitative estimate of drug-likeness (QED) is 0.795. The highest BCUT2D eigenvalue weighted by molar-refractivity contribution is 4.92. The van der Waals surface area contributed by atoms with Crippen molar-refractivity contribution in [2.45, 2.75) is 57.1 Å². The third kappa shape index (κ3) is 3.43. The van der Waals surface area contributed by atoms with E-state index in [0.717, 1.165) is 6.54 Å². The van der Waals surface area contributed by atoms with Crippen molar-refractivity contribution >= 4 is 0 Å². The summed E-state index contributed by atoms with van der Waals surface area (Å²) in [4.78, 5) is 2.57. The minimum atomic E-state index is 0.177. The Hall–Kier alpha value is -0.120. The molecule has 0 amide bonds. The van der Waals surface area contributed by atoms with Crippen molar-refractivity contribution in [1.29, 1.82) is 0 Å². The van der Waals surface area contributed by atoms with Gasteiger partial charge in [0.2, 0.25) is 0 Å². The van der Waals surface area contributed by atoms with Gasteiger partial charge < -0.3 is 15.0 Å². The third-order valence-electron chi connectivity index (χ3n) is 4.68. The van der Waals surface area contributed by atoms with E-state index in [1.54, 1.807) is 0 Å². The molecule has 2 fully saturated rings. The standard InChI is InChI=1S/C14H28N2O/c1-3-16-10-4-6-13(7-11-16)15-12-14(17-2)8-5-9-14/h13,15H,3-12H2,1-2H3. The molecule has 1 aliphatic heterocycles. The third-order valence-corrected chi connectivity index (χ3v) is 4.68. The summed E-state index contributed by atoms with van der Waals surface area (Å²) in [5.41, 5.74) is 0.177. The molecule has 0 aromatic rings. The van der Waals surface area contributed by atoms with Crippen molar-refractivity contribution in [3.8, 4) is 0 Å². The summed E-state index contributed by atoms with van der Waals surface area (Å²) >= 11 is 0. The van der Waals surface area contributed by atoms with Gasteiger partial charge in [0.05, 0.1) is 5.60 Å². The lowest BCUT2D eigenvalue weighted by Gasteiger charge is -2.41. The number of likely N-dealkylation sites (tertiary alicyclic amines) is 1. The maximum atomic E-state index is 5.67. The Morgan fingerprint density at radius 3 is 2.65 bits per heavy atom. The van der Waals surface area contributed by atoms with E-state index in [4.69, 9.17) is 4.74 Å². The van der Waals surface area contributed by atoms with Crippen LogP contribution in [-0.2, 0) is 4.74 Å². The molecule has 2 rings (SSSR count). The molecule has 0 aromatic carbocycles. The number of methoxy groups -OCH3 is 1. The van der Waals surface area contributed by atoms with E-state index in [0.29, 0.717) is 6.04 Å². The molecule has 3 heteroatoms. The lowest BCUT2D eigenvalue weighted by atomic mass is 9.79. The molecule has 0 bridgehead atoms. The summed E-state index contributed by atoms with van der Waals surface area (Å²) in [5, 5.41) is 3.75. The first-order valence-corrected chi connectivity index (χ1v) is 7.29. The van der Waals surface area contributed by atoms with Gasteiger partial charge in [0.1, 0.15) is 0 Å². The number of nitrogens with zero attached hydrogens (tertiary/aromatic N) is 1. The van der Waals surface area contributed by atoms with Crippen LogP contribution < -0.4 is 5.32 Å². The molecule has 100 valence electrons. The molecule has 1 heterocycles. The molecule has 17 heavy (non-hydrogen) atoms. The largest absolute Gasteiger partial charge is 0.377 e. The summed E-state index contributed by atoms with van der Waals surface area (Å²) in [6.07, 6.45) is 7.79. The molecule has 1 saturated heterocycles. The van der Waals surface area contributed by atoms with Crippen LogP contribution in [0.3, 0.4) is 0 Å². The predicted octanol–water partition coefficient (Wildman–Crippen LogP) is 2.02. The Morgan fingerprint density at radius 2 is 2.06 bits per heavy atom. The van der Waals surface area contributed by atoms with Gasteiger partial charge in [-0.15, -0.1) is 0 Å². The van der Waals surface area contributed by atoms with Crippen LogP contribution in [0.1, 0.15) is 45.4 Å². The highest BCUT2D eigenvalue weighted by atomic mass is 16.5. The molecule has 1 atom stereocenters. The fourth-order valence-electron chi connectivity index (χ4n) is 3.03. The predicted molar refractivity (Wildman–Crippen MR) is 71.3 cm³/mol.